The molecule has 2 aromatic carbocycles. The van der Waals surface area contributed by atoms with E-state index in [0.29, 0.717) is 24.7 Å². The van der Waals surface area contributed by atoms with Gasteiger partial charge in [-0.1, -0.05) is 0 Å². The molecule has 2 atom stereocenters. The number of hydrogen-bond acceptors (Lipinski definition) is 5. The van der Waals surface area contributed by atoms with Crippen LogP contribution >= 0.6 is 0 Å². The summed E-state index contributed by atoms with van der Waals surface area (Å²) in [4.78, 5) is 5.73. The number of sulfonamides is 1. The normalized spacial score (nSPS) is 23.8. The van der Waals surface area contributed by atoms with Gasteiger partial charge in [0.25, 0.3) is 0 Å². The van der Waals surface area contributed by atoms with Crippen LogP contribution in [0.2, 0.25) is 0 Å². The molecule has 0 spiro atoms. The zero-order valence-corrected chi connectivity index (χ0v) is 23.3. The summed E-state index contributed by atoms with van der Waals surface area (Å²) >= 11 is 0. The lowest BCUT2D eigenvalue weighted by molar-refractivity contribution is 0.151. The van der Waals surface area contributed by atoms with Crippen molar-refractivity contribution in [1.82, 2.24) is 9.88 Å². The lowest BCUT2D eigenvalue weighted by atomic mass is 9.85. The van der Waals surface area contributed by atoms with Gasteiger partial charge in [-0.25, -0.2) is 21.2 Å². The SMILES string of the molecule is C[C@@H]1C[C@@H](c2c[nH]c3cc(F)ccc23)CCN1CCN1c2ccc(S(C)(=O)=O)cc2CC(C)(C)S1(=O)=O. The van der Waals surface area contributed by atoms with E-state index in [4.69, 9.17) is 0 Å². The van der Waals surface area contributed by atoms with Gasteiger partial charge in [0.1, 0.15) is 5.82 Å². The number of hydrogen-bond donors (Lipinski definition) is 1. The van der Waals surface area contributed by atoms with Crippen molar-refractivity contribution in [3.8, 4) is 0 Å². The number of likely N-dealkylation sites (tertiary alicyclic amines) is 1. The molecule has 1 aromatic heterocycles. The van der Waals surface area contributed by atoms with Crippen LogP contribution in [0, 0.1) is 5.82 Å². The molecule has 3 aromatic rings. The van der Waals surface area contributed by atoms with Gasteiger partial charge in [-0.3, -0.25) is 9.21 Å². The highest BCUT2D eigenvalue weighted by molar-refractivity contribution is 7.94. The average molecular weight is 548 g/mol. The molecule has 0 radical (unpaired) electrons. The van der Waals surface area contributed by atoms with Crippen molar-refractivity contribution in [1.29, 1.82) is 0 Å². The maximum absolute atomic E-state index is 13.6. The Morgan fingerprint density at radius 1 is 1.14 bits per heavy atom. The van der Waals surface area contributed by atoms with Crippen molar-refractivity contribution in [2.45, 2.75) is 61.6 Å². The number of anilines is 1. The molecule has 1 fully saturated rings. The Labute approximate surface area is 218 Å². The highest BCUT2D eigenvalue weighted by Crippen LogP contribution is 2.40. The molecule has 0 amide bonds. The van der Waals surface area contributed by atoms with Gasteiger partial charge in [-0.15, -0.1) is 0 Å². The molecule has 0 unspecified atom stereocenters. The van der Waals surface area contributed by atoms with Crippen LogP contribution in [0.3, 0.4) is 0 Å². The molecule has 7 nitrogen and oxygen atoms in total. The van der Waals surface area contributed by atoms with E-state index in [9.17, 15) is 21.2 Å². The van der Waals surface area contributed by atoms with Crippen molar-refractivity contribution >= 4 is 36.5 Å². The van der Waals surface area contributed by atoms with Gasteiger partial charge in [0.2, 0.25) is 10.0 Å². The fourth-order valence-corrected chi connectivity index (χ4v) is 8.27. The Kier molecular flexibility index (Phi) is 6.44. The lowest BCUT2D eigenvalue weighted by Crippen LogP contribution is -2.53. The van der Waals surface area contributed by atoms with Crippen LogP contribution in [0.5, 0.6) is 0 Å². The Morgan fingerprint density at radius 3 is 2.59 bits per heavy atom. The minimum atomic E-state index is -3.63. The van der Waals surface area contributed by atoms with Crippen molar-refractivity contribution in [3.63, 3.8) is 0 Å². The summed E-state index contributed by atoms with van der Waals surface area (Å²) in [5, 5.41) is 1.05. The number of nitrogens with zero attached hydrogens (tertiary/aromatic N) is 2. The number of aromatic amines is 1. The summed E-state index contributed by atoms with van der Waals surface area (Å²) in [5.74, 6) is 0.0901. The average Bonchev–Trinajstić information content (AvgIpc) is 3.22. The topological polar surface area (TPSA) is 90.6 Å². The molecule has 200 valence electrons. The summed E-state index contributed by atoms with van der Waals surface area (Å²) in [6.07, 6.45) is 5.27. The Balaban J connectivity index is 1.34. The highest BCUT2D eigenvalue weighted by Gasteiger charge is 2.45. The first kappa shape index (κ1) is 26.2. The molecular formula is C27H34FN3O4S2. The first-order chi connectivity index (χ1) is 17.3. The van der Waals surface area contributed by atoms with Gasteiger partial charge in [0.15, 0.2) is 9.84 Å². The van der Waals surface area contributed by atoms with Crippen LogP contribution in [0.25, 0.3) is 10.9 Å². The lowest BCUT2D eigenvalue weighted by Gasteiger charge is -2.42. The molecule has 0 saturated carbocycles. The third-order valence-electron chi connectivity index (χ3n) is 8.07. The molecular weight excluding hydrogens is 513 g/mol. The summed E-state index contributed by atoms with van der Waals surface area (Å²) < 4.78 is 65.3. The second-order valence-electron chi connectivity index (χ2n) is 11.1. The predicted octanol–water partition coefficient (Wildman–Crippen LogP) is 4.45. The minimum absolute atomic E-state index is 0.206. The summed E-state index contributed by atoms with van der Waals surface area (Å²) in [6.45, 7) is 7.28. The van der Waals surface area contributed by atoms with Crippen LogP contribution in [0.15, 0.2) is 47.5 Å². The van der Waals surface area contributed by atoms with Crippen molar-refractivity contribution in [2.24, 2.45) is 0 Å². The molecule has 0 aliphatic carbocycles. The van der Waals surface area contributed by atoms with Crippen LogP contribution in [0.1, 0.15) is 50.7 Å². The molecule has 2 aliphatic rings. The van der Waals surface area contributed by atoms with E-state index in [-0.39, 0.29) is 23.2 Å². The Bertz CT molecular complexity index is 1560. The second-order valence-corrected chi connectivity index (χ2v) is 15.6. The molecule has 3 heterocycles. The van der Waals surface area contributed by atoms with Gasteiger partial charge < -0.3 is 4.98 Å². The third-order valence-corrected chi connectivity index (χ3v) is 11.7. The Hall–Kier alpha value is -2.43. The van der Waals surface area contributed by atoms with Crippen LogP contribution < -0.4 is 4.31 Å². The fraction of sp³-hybridized carbons (Fsp3) is 0.481. The molecule has 0 bridgehead atoms. The van der Waals surface area contributed by atoms with E-state index in [1.807, 2.05) is 12.3 Å². The number of aromatic nitrogens is 1. The van der Waals surface area contributed by atoms with Crippen molar-refractivity contribution in [3.05, 3.63) is 59.5 Å². The molecule has 5 rings (SSSR count). The summed E-state index contributed by atoms with van der Waals surface area (Å²) in [7, 11) is -7.03. The van der Waals surface area contributed by atoms with Gasteiger partial charge in [-0.2, -0.15) is 0 Å². The molecule has 37 heavy (non-hydrogen) atoms. The predicted molar refractivity (Wildman–Crippen MR) is 145 cm³/mol. The minimum Gasteiger partial charge on any atom is -0.361 e. The maximum Gasteiger partial charge on any atom is 0.240 e. The van der Waals surface area contributed by atoms with E-state index in [2.05, 4.69) is 16.8 Å². The first-order valence-electron chi connectivity index (χ1n) is 12.6. The van der Waals surface area contributed by atoms with E-state index >= 15 is 0 Å². The fourth-order valence-electron chi connectivity index (χ4n) is 5.91. The largest absolute Gasteiger partial charge is 0.361 e. The quantitative estimate of drug-likeness (QED) is 0.510. The molecule has 1 saturated heterocycles. The number of H-pyrrole nitrogens is 1. The summed E-state index contributed by atoms with van der Waals surface area (Å²) in [5.41, 5.74) is 3.32. The van der Waals surface area contributed by atoms with E-state index < -0.39 is 24.6 Å². The summed E-state index contributed by atoms with van der Waals surface area (Å²) in [6, 6.07) is 9.85. The zero-order valence-electron chi connectivity index (χ0n) is 21.7. The second kappa shape index (κ2) is 9.10. The number of nitrogens with one attached hydrogen (secondary N) is 1. The van der Waals surface area contributed by atoms with Crippen molar-refractivity contribution in [2.75, 3.05) is 30.2 Å². The van der Waals surface area contributed by atoms with E-state index in [1.54, 1.807) is 26.0 Å². The van der Waals surface area contributed by atoms with Crippen LogP contribution in [-0.4, -0.2) is 63.4 Å². The van der Waals surface area contributed by atoms with E-state index in [0.717, 1.165) is 42.1 Å². The van der Waals surface area contributed by atoms with Crippen LogP contribution in [0.4, 0.5) is 10.1 Å². The zero-order chi connectivity index (χ0) is 26.8. The Morgan fingerprint density at radius 2 is 1.89 bits per heavy atom. The standard InChI is InChI=1S/C27H34FN3O4S2/c1-18-13-19(24-17-29-25-15-21(28)5-7-23(24)25)9-10-30(18)11-12-31-26-8-6-22(36(4,32)33)14-20(26)16-27(2,3)37(31,34)35/h5-8,14-15,17-19,29H,9-13,16H2,1-4H3/t18-,19+/m1/s1. The first-order valence-corrected chi connectivity index (χ1v) is 16.0. The monoisotopic (exact) mass is 547 g/mol. The number of sulfone groups is 1. The van der Waals surface area contributed by atoms with Gasteiger partial charge >= 0.3 is 0 Å². The number of benzene rings is 2. The smallest absolute Gasteiger partial charge is 0.240 e. The van der Waals surface area contributed by atoms with Crippen molar-refractivity contribution < 1.29 is 21.2 Å². The number of fused-ring (bicyclic) bond motifs is 2. The van der Waals surface area contributed by atoms with Gasteiger partial charge in [0, 0.05) is 42.5 Å². The third kappa shape index (κ3) is 4.68. The number of halogens is 1. The number of piperidine rings is 1. The maximum atomic E-state index is 13.6. The van der Waals surface area contributed by atoms with Crippen LogP contribution in [-0.2, 0) is 26.3 Å². The molecule has 10 heteroatoms. The number of rotatable bonds is 5. The van der Waals surface area contributed by atoms with E-state index in [1.165, 1.54) is 28.1 Å². The van der Waals surface area contributed by atoms with Gasteiger partial charge in [0.05, 0.1) is 15.3 Å². The van der Waals surface area contributed by atoms with Gasteiger partial charge in [-0.05, 0) is 100 Å². The highest BCUT2D eigenvalue weighted by atomic mass is 32.2. The molecule has 2 aliphatic heterocycles. The molecule has 1 N–H and O–H groups in total.